The number of ketones is 1. The first-order chi connectivity index (χ1) is 5.13. The maximum absolute atomic E-state index is 10.7. The van der Waals surface area contributed by atoms with Gasteiger partial charge in [0.1, 0.15) is 12.2 Å². The molecule has 0 aromatic heterocycles. The molecule has 0 aromatic rings. The molecule has 0 saturated heterocycles. The normalized spacial score (nSPS) is 16.7. The third-order valence-corrected chi connectivity index (χ3v) is 1.17. The molecule has 3 N–H and O–H groups in total. The fourth-order valence-corrected chi connectivity index (χ4v) is 0.552. The molecule has 0 fully saturated rings. The number of allylic oxidation sites excluding steroid dienone is 1. The topological polar surface area (TPSA) is 77.8 Å². The third-order valence-electron chi connectivity index (χ3n) is 1.17. The third kappa shape index (κ3) is 3.27. The van der Waals surface area contributed by atoms with Gasteiger partial charge in [0, 0.05) is 0 Å². The summed E-state index contributed by atoms with van der Waals surface area (Å²) in [6, 6.07) is 0. The first-order valence-electron chi connectivity index (χ1n) is 3.27. The second-order valence-corrected chi connectivity index (χ2v) is 2.10. The van der Waals surface area contributed by atoms with Gasteiger partial charge in [-0.15, -0.1) is 0 Å². The van der Waals surface area contributed by atoms with Gasteiger partial charge in [-0.3, -0.25) is 4.79 Å². The molecule has 2 unspecified atom stereocenters. The van der Waals surface area contributed by atoms with Gasteiger partial charge in [0.05, 0.1) is 6.61 Å². The van der Waals surface area contributed by atoms with E-state index >= 15 is 0 Å². The second-order valence-electron chi connectivity index (χ2n) is 2.10. The molecule has 4 heteroatoms. The maximum Gasteiger partial charge on any atom is 0.186 e. The zero-order valence-corrected chi connectivity index (χ0v) is 6.27. The maximum atomic E-state index is 10.7. The average molecular weight is 160 g/mol. The summed E-state index contributed by atoms with van der Waals surface area (Å²) in [5.74, 6) is -0.603. The summed E-state index contributed by atoms with van der Waals surface area (Å²) in [7, 11) is 0. The number of hydrogen-bond acceptors (Lipinski definition) is 4. The minimum atomic E-state index is -1.52. The summed E-state index contributed by atoms with van der Waals surface area (Å²) >= 11 is 0. The van der Waals surface area contributed by atoms with E-state index in [0.29, 0.717) is 0 Å². The first kappa shape index (κ1) is 10.3. The van der Waals surface area contributed by atoms with Crippen LogP contribution < -0.4 is 0 Å². The molecule has 0 amide bonds. The van der Waals surface area contributed by atoms with Crippen LogP contribution in [0, 0.1) is 0 Å². The number of aliphatic hydroxyl groups excluding tert-OH is 3. The Morgan fingerprint density at radius 3 is 2.45 bits per heavy atom. The lowest BCUT2D eigenvalue weighted by Gasteiger charge is -2.11. The smallest absolute Gasteiger partial charge is 0.186 e. The highest BCUT2D eigenvalue weighted by molar-refractivity contribution is 5.93. The van der Waals surface area contributed by atoms with Crippen LogP contribution in [0.15, 0.2) is 12.2 Å². The van der Waals surface area contributed by atoms with E-state index in [1.165, 1.54) is 6.08 Å². The molecule has 0 heterocycles. The predicted molar refractivity (Wildman–Crippen MR) is 38.9 cm³/mol. The van der Waals surface area contributed by atoms with Gasteiger partial charge >= 0.3 is 0 Å². The van der Waals surface area contributed by atoms with Crippen LogP contribution in [0.2, 0.25) is 0 Å². The van der Waals surface area contributed by atoms with Crippen molar-refractivity contribution < 1.29 is 20.1 Å². The minimum absolute atomic E-state index is 0.603. The van der Waals surface area contributed by atoms with Crippen molar-refractivity contribution >= 4 is 5.78 Å². The van der Waals surface area contributed by atoms with E-state index in [-0.39, 0.29) is 0 Å². The van der Waals surface area contributed by atoms with Crippen LogP contribution in [0.25, 0.3) is 0 Å². The number of carbonyl (C=O) groups excluding carboxylic acids is 1. The standard InChI is InChI=1S/C7H12O4/c1-2-3-5(9)7(11)6(10)4-8/h2-3,6-8,10-11H,4H2,1H3. The Morgan fingerprint density at radius 2 is 2.09 bits per heavy atom. The van der Waals surface area contributed by atoms with E-state index in [4.69, 9.17) is 15.3 Å². The van der Waals surface area contributed by atoms with Crippen LogP contribution in [0.3, 0.4) is 0 Å². The molecular weight excluding hydrogens is 148 g/mol. The van der Waals surface area contributed by atoms with E-state index < -0.39 is 24.6 Å². The molecule has 0 radical (unpaired) electrons. The van der Waals surface area contributed by atoms with Gasteiger partial charge in [0.2, 0.25) is 0 Å². The fourth-order valence-electron chi connectivity index (χ4n) is 0.552. The van der Waals surface area contributed by atoms with Gasteiger partial charge in [-0.1, -0.05) is 6.08 Å². The highest BCUT2D eigenvalue weighted by Crippen LogP contribution is 1.95. The molecule has 0 aliphatic heterocycles. The number of rotatable bonds is 4. The first-order valence-corrected chi connectivity index (χ1v) is 3.27. The Kier molecular flexibility index (Phi) is 4.69. The van der Waals surface area contributed by atoms with E-state index in [2.05, 4.69) is 0 Å². The largest absolute Gasteiger partial charge is 0.394 e. The van der Waals surface area contributed by atoms with Crippen LogP contribution in [0.1, 0.15) is 6.92 Å². The Labute approximate surface area is 64.8 Å². The number of aliphatic hydroxyl groups is 3. The zero-order valence-electron chi connectivity index (χ0n) is 6.27. The fraction of sp³-hybridized carbons (Fsp3) is 0.571. The number of carbonyl (C=O) groups is 1. The second kappa shape index (κ2) is 5.01. The Morgan fingerprint density at radius 1 is 1.55 bits per heavy atom. The summed E-state index contributed by atoms with van der Waals surface area (Å²) < 4.78 is 0. The molecule has 0 aliphatic carbocycles. The summed E-state index contributed by atoms with van der Waals surface area (Å²) in [4.78, 5) is 10.7. The van der Waals surface area contributed by atoms with E-state index in [1.807, 2.05) is 0 Å². The van der Waals surface area contributed by atoms with Crippen LogP contribution in [0.5, 0.6) is 0 Å². The van der Waals surface area contributed by atoms with Crippen molar-refractivity contribution in [2.24, 2.45) is 0 Å². The van der Waals surface area contributed by atoms with Crippen molar-refractivity contribution in [1.82, 2.24) is 0 Å². The highest BCUT2D eigenvalue weighted by Gasteiger charge is 2.20. The predicted octanol–water partition coefficient (Wildman–Crippen LogP) is -1.15. The molecular formula is C7H12O4. The Bertz CT molecular complexity index is 153. The van der Waals surface area contributed by atoms with Gasteiger partial charge in [0.15, 0.2) is 5.78 Å². The summed E-state index contributed by atoms with van der Waals surface area (Å²) in [5.41, 5.74) is 0. The summed E-state index contributed by atoms with van der Waals surface area (Å²) in [6.07, 6.45) is -0.311. The van der Waals surface area contributed by atoms with Gasteiger partial charge in [-0.2, -0.15) is 0 Å². The van der Waals surface area contributed by atoms with Crippen molar-refractivity contribution in [3.63, 3.8) is 0 Å². The highest BCUT2D eigenvalue weighted by atomic mass is 16.4. The van der Waals surface area contributed by atoms with Crippen LogP contribution >= 0.6 is 0 Å². The molecule has 0 rings (SSSR count). The summed E-state index contributed by atoms with van der Waals surface area (Å²) in [5, 5.41) is 26.0. The molecule has 0 bridgehead atoms. The van der Waals surface area contributed by atoms with E-state index in [0.717, 1.165) is 6.08 Å². The van der Waals surface area contributed by atoms with Gasteiger partial charge < -0.3 is 15.3 Å². The average Bonchev–Trinajstić information content (AvgIpc) is 2.02. The molecule has 0 spiro atoms. The molecule has 11 heavy (non-hydrogen) atoms. The van der Waals surface area contributed by atoms with Gasteiger partial charge in [-0.25, -0.2) is 0 Å². The zero-order chi connectivity index (χ0) is 8.85. The van der Waals surface area contributed by atoms with Crippen LogP contribution in [-0.2, 0) is 4.79 Å². The molecule has 0 saturated carbocycles. The van der Waals surface area contributed by atoms with E-state index in [1.54, 1.807) is 6.92 Å². The minimum Gasteiger partial charge on any atom is -0.394 e. The van der Waals surface area contributed by atoms with E-state index in [9.17, 15) is 4.79 Å². The quantitative estimate of drug-likeness (QED) is 0.453. The van der Waals surface area contributed by atoms with Crippen molar-refractivity contribution in [2.75, 3.05) is 6.61 Å². The lowest BCUT2D eigenvalue weighted by Crippen LogP contribution is -2.35. The molecule has 4 nitrogen and oxygen atoms in total. The molecule has 0 aliphatic rings. The van der Waals surface area contributed by atoms with Gasteiger partial charge in [-0.05, 0) is 13.0 Å². The van der Waals surface area contributed by atoms with Gasteiger partial charge in [0.25, 0.3) is 0 Å². The lowest BCUT2D eigenvalue weighted by atomic mass is 10.1. The van der Waals surface area contributed by atoms with Crippen molar-refractivity contribution in [3.8, 4) is 0 Å². The van der Waals surface area contributed by atoms with Crippen LogP contribution in [0.4, 0.5) is 0 Å². The van der Waals surface area contributed by atoms with Crippen molar-refractivity contribution in [1.29, 1.82) is 0 Å². The Balaban J connectivity index is 4.01. The summed E-state index contributed by atoms with van der Waals surface area (Å²) in [6.45, 7) is 1.00. The monoisotopic (exact) mass is 160 g/mol. The molecule has 0 aromatic carbocycles. The Hall–Kier alpha value is -0.710. The molecule has 64 valence electrons. The van der Waals surface area contributed by atoms with Crippen molar-refractivity contribution in [2.45, 2.75) is 19.1 Å². The molecule has 2 atom stereocenters. The SMILES string of the molecule is CC=CC(=O)C(O)C(O)CO. The van der Waals surface area contributed by atoms with Crippen LogP contribution in [-0.4, -0.2) is 39.9 Å². The lowest BCUT2D eigenvalue weighted by molar-refractivity contribution is -0.129. The number of hydrogen-bond donors (Lipinski definition) is 3. The van der Waals surface area contributed by atoms with Crippen molar-refractivity contribution in [3.05, 3.63) is 12.2 Å².